The standard InChI is InChI=1S/C49H88O20/c1-5-6-7-18-23-33(24-20-22-32(51)21-17-15-13-11-9-8-10-12-14-16-19-25-34(52)46(60)61)66-48-44(39(55)35(53)27-63-48)69-49-45(41(57)37(29-64-49)65-31(4)50)68-47-43(59)42(58)40(56)36(67-47)28-62-38(54)26-30(2)3/h30,32-37,39-45,47-49,51-53,55-59H,5-29H2,1-4H3,(H,60,61)/t32-,33-,34+,35+,36+,37+,39-,40+,41-,42-,43+,44+,45+,47-,48-,49-/m1/s1. The molecule has 0 aromatic carbocycles. The highest BCUT2D eigenvalue weighted by molar-refractivity contribution is 5.71. The fraction of sp³-hybridized carbons (Fsp3) is 0.939. The van der Waals surface area contributed by atoms with Crippen LogP contribution in [0, 0.1) is 5.92 Å². The third-order valence-corrected chi connectivity index (χ3v) is 13.0. The molecule has 0 bridgehead atoms. The van der Waals surface area contributed by atoms with Crippen molar-refractivity contribution < 1.29 is 98.2 Å². The van der Waals surface area contributed by atoms with Crippen molar-refractivity contribution >= 4 is 17.9 Å². The van der Waals surface area contributed by atoms with E-state index in [0.717, 1.165) is 103 Å². The zero-order valence-corrected chi connectivity index (χ0v) is 41.5. The molecule has 3 rings (SSSR count). The van der Waals surface area contributed by atoms with Crippen LogP contribution in [0.4, 0.5) is 0 Å². The molecule has 3 aliphatic heterocycles. The van der Waals surface area contributed by atoms with Crippen molar-refractivity contribution in [2.75, 3.05) is 19.8 Å². The summed E-state index contributed by atoms with van der Waals surface area (Å²) in [5.74, 6) is -2.51. The predicted molar refractivity (Wildman–Crippen MR) is 247 cm³/mol. The van der Waals surface area contributed by atoms with Gasteiger partial charge in [0, 0.05) is 13.3 Å². The molecule has 0 aromatic heterocycles. The van der Waals surface area contributed by atoms with Crippen LogP contribution in [0.5, 0.6) is 0 Å². The Kier molecular flexibility index (Phi) is 29.7. The van der Waals surface area contributed by atoms with E-state index in [9.17, 15) is 55.2 Å². The summed E-state index contributed by atoms with van der Waals surface area (Å²) in [5.41, 5.74) is 0. The molecule has 0 radical (unpaired) electrons. The molecule has 0 spiro atoms. The number of unbranched alkanes of at least 4 members (excludes halogenated alkanes) is 13. The molecular weight excluding hydrogens is 909 g/mol. The zero-order chi connectivity index (χ0) is 50.9. The molecule has 0 aliphatic carbocycles. The number of aliphatic carboxylic acids is 1. The van der Waals surface area contributed by atoms with Crippen molar-refractivity contribution in [2.24, 2.45) is 5.92 Å². The average molecular weight is 997 g/mol. The molecule has 3 heterocycles. The Morgan fingerprint density at radius 2 is 1.14 bits per heavy atom. The number of carbonyl (C=O) groups is 3. The predicted octanol–water partition coefficient (Wildman–Crippen LogP) is 3.28. The van der Waals surface area contributed by atoms with Gasteiger partial charge in [0.1, 0.15) is 61.5 Å². The largest absolute Gasteiger partial charge is 0.479 e. The van der Waals surface area contributed by atoms with Crippen molar-refractivity contribution in [1.82, 2.24) is 0 Å². The lowest BCUT2D eigenvalue weighted by atomic mass is 9.98. The first-order valence-electron chi connectivity index (χ1n) is 25.8. The van der Waals surface area contributed by atoms with E-state index in [4.69, 9.17) is 43.0 Å². The summed E-state index contributed by atoms with van der Waals surface area (Å²) < 4.78 is 46.9. The Morgan fingerprint density at radius 1 is 0.609 bits per heavy atom. The molecular formula is C49H88O20. The van der Waals surface area contributed by atoms with Crippen molar-refractivity contribution in [3.8, 4) is 0 Å². The molecule has 9 N–H and O–H groups in total. The number of ether oxygens (including phenoxy) is 8. The average Bonchev–Trinajstić information content (AvgIpc) is 3.29. The molecule has 3 saturated heterocycles. The number of hydrogen-bond donors (Lipinski definition) is 9. The molecule has 404 valence electrons. The highest BCUT2D eigenvalue weighted by Gasteiger charge is 2.52. The first kappa shape index (κ1) is 61.2. The summed E-state index contributed by atoms with van der Waals surface area (Å²) in [7, 11) is 0. The van der Waals surface area contributed by atoms with Gasteiger partial charge in [-0.05, 0) is 44.4 Å². The first-order chi connectivity index (χ1) is 32.9. The molecule has 0 saturated carbocycles. The molecule has 3 aliphatic rings. The molecule has 0 unspecified atom stereocenters. The fourth-order valence-corrected chi connectivity index (χ4v) is 8.83. The van der Waals surface area contributed by atoms with E-state index in [2.05, 4.69) is 6.92 Å². The van der Waals surface area contributed by atoms with Gasteiger partial charge in [-0.25, -0.2) is 4.79 Å². The summed E-state index contributed by atoms with van der Waals surface area (Å²) >= 11 is 0. The van der Waals surface area contributed by atoms with E-state index in [1.165, 1.54) is 0 Å². The fourth-order valence-electron chi connectivity index (χ4n) is 8.83. The van der Waals surface area contributed by atoms with Gasteiger partial charge in [-0.3, -0.25) is 9.59 Å². The van der Waals surface area contributed by atoms with Gasteiger partial charge in [0.05, 0.1) is 25.4 Å². The molecule has 0 amide bonds. The van der Waals surface area contributed by atoms with E-state index in [0.29, 0.717) is 38.5 Å². The molecule has 20 nitrogen and oxygen atoms in total. The van der Waals surface area contributed by atoms with E-state index >= 15 is 0 Å². The maximum atomic E-state index is 12.3. The maximum Gasteiger partial charge on any atom is 0.332 e. The van der Waals surface area contributed by atoms with E-state index in [-0.39, 0.29) is 25.0 Å². The van der Waals surface area contributed by atoms with Crippen LogP contribution in [0.1, 0.15) is 169 Å². The molecule has 0 aromatic rings. The number of aliphatic hydroxyl groups excluding tert-OH is 8. The monoisotopic (exact) mass is 997 g/mol. The third-order valence-electron chi connectivity index (χ3n) is 13.0. The number of carbonyl (C=O) groups excluding carboxylic acids is 2. The minimum Gasteiger partial charge on any atom is -0.479 e. The molecule has 3 fully saturated rings. The van der Waals surface area contributed by atoms with Crippen LogP contribution >= 0.6 is 0 Å². The SMILES string of the molecule is CCCCCC[C@H](CCC[C@H](O)CCCCCCCCCCCCC[C@H](O)C(=O)O)O[C@H]1OC[C@H](O)[C@@H](O)[C@@H]1O[C@H]1OC[C@H](OC(C)=O)[C@@H](O)[C@@H]1O[C@H]1O[C@@H](COC(=O)CC(C)C)[C@H](O)[C@@H](O)[C@@H]1O. The lowest BCUT2D eigenvalue weighted by Gasteiger charge is -2.46. The highest BCUT2D eigenvalue weighted by Crippen LogP contribution is 2.33. The summed E-state index contributed by atoms with van der Waals surface area (Å²) in [6.07, 6.45) is -3.86. The van der Waals surface area contributed by atoms with E-state index < -0.39 is 123 Å². The van der Waals surface area contributed by atoms with Gasteiger partial charge in [-0.15, -0.1) is 0 Å². The summed E-state index contributed by atoms with van der Waals surface area (Å²) in [6, 6.07) is 0. The Morgan fingerprint density at radius 3 is 1.75 bits per heavy atom. The Balaban J connectivity index is 1.59. The highest BCUT2D eigenvalue weighted by atomic mass is 16.8. The number of esters is 2. The van der Waals surface area contributed by atoms with Crippen LogP contribution in [-0.2, 0) is 52.3 Å². The minimum absolute atomic E-state index is 0.0192. The second-order valence-electron chi connectivity index (χ2n) is 19.6. The van der Waals surface area contributed by atoms with Gasteiger partial charge < -0.3 is 83.9 Å². The van der Waals surface area contributed by atoms with Crippen molar-refractivity contribution in [2.45, 2.75) is 267 Å². The second kappa shape index (κ2) is 33.6. The van der Waals surface area contributed by atoms with Crippen LogP contribution < -0.4 is 0 Å². The maximum absolute atomic E-state index is 12.3. The molecule has 20 heteroatoms. The number of hydrogen-bond acceptors (Lipinski definition) is 19. The third kappa shape index (κ3) is 22.7. The number of aliphatic hydroxyl groups is 8. The van der Waals surface area contributed by atoms with Gasteiger partial charge >= 0.3 is 17.9 Å². The van der Waals surface area contributed by atoms with Crippen LogP contribution in [0.3, 0.4) is 0 Å². The van der Waals surface area contributed by atoms with E-state index in [1.54, 1.807) is 0 Å². The zero-order valence-electron chi connectivity index (χ0n) is 41.5. The van der Waals surface area contributed by atoms with Gasteiger partial charge in [0.2, 0.25) is 0 Å². The Bertz CT molecular complexity index is 1410. The number of rotatable bonds is 35. The molecule has 69 heavy (non-hydrogen) atoms. The molecule has 16 atom stereocenters. The summed E-state index contributed by atoms with van der Waals surface area (Å²) in [4.78, 5) is 35.0. The van der Waals surface area contributed by atoms with Gasteiger partial charge in [0.25, 0.3) is 0 Å². The van der Waals surface area contributed by atoms with Crippen molar-refractivity contribution in [3.05, 3.63) is 0 Å². The number of carboxylic acids is 1. The topological polar surface area (TPSA) is 307 Å². The normalized spacial score (nSPS) is 31.0. The Hall–Kier alpha value is -2.15. The van der Waals surface area contributed by atoms with Crippen LogP contribution in [-0.4, -0.2) is 182 Å². The lowest BCUT2D eigenvalue weighted by Crippen LogP contribution is -2.65. The van der Waals surface area contributed by atoms with Gasteiger partial charge in [-0.2, -0.15) is 0 Å². The van der Waals surface area contributed by atoms with Crippen molar-refractivity contribution in [1.29, 1.82) is 0 Å². The minimum atomic E-state index is -1.90. The second-order valence-corrected chi connectivity index (χ2v) is 19.6. The van der Waals surface area contributed by atoms with Crippen molar-refractivity contribution in [3.63, 3.8) is 0 Å². The summed E-state index contributed by atoms with van der Waals surface area (Å²) in [6.45, 7) is 5.68. The van der Waals surface area contributed by atoms with Gasteiger partial charge in [-0.1, -0.05) is 117 Å². The van der Waals surface area contributed by atoms with Crippen LogP contribution in [0.25, 0.3) is 0 Å². The summed E-state index contributed by atoms with van der Waals surface area (Å²) in [5, 5.41) is 95.0. The Labute approximate surface area is 408 Å². The van der Waals surface area contributed by atoms with Crippen LogP contribution in [0.15, 0.2) is 0 Å². The first-order valence-corrected chi connectivity index (χ1v) is 25.8. The lowest BCUT2D eigenvalue weighted by molar-refractivity contribution is -0.380. The van der Waals surface area contributed by atoms with Gasteiger partial charge in [0.15, 0.2) is 31.1 Å². The number of carboxylic acid groups (broad SMARTS) is 1. The smallest absolute Gasteiger partial charge is 0.332 e. The van der Waals surface area contributed by atoms with E-state index in [1.807, 2.05) is 13.8 Å². The quantitative estimate of drug-likeness (QED) is 0.0325. The van der Waals surface area contributed by atoms with Crippen LogP contribution in [0.2, 0.25) is 0 Å².